The smallest absolute Gasteiger partial charge is 0.273 e. The molecule has 8 heteroatoms. The molecule has 2 aromatic rings. The van der Waals surface area contributed by atoms with Crippen LogP contribution >= 0.6 is 0 Å². The number of hydrogen-bond donors (Lipinski definition) is 1. The van der Waals surface area contributed by atoms with Crippen molar-refractivity contribution in [3.8, 4) is 22.8 Å². The molecule has 1 amide bonds. The SMILES string of the molecule is C[C@H](CNC(=O)c1cc(-c2ccc3c(c2)OCCO3)on1)N1CCN(C)CC1. The molecule has 1 aromatic carbocycles. The fraction of sp³-hybridized carbons (Fsp3) is 0.500. The van der Waals surface area contributed by atoms with Gasteiger partial charge in [0, 0.05) is 50.4 Å². The number of aromatic nitrogens is 1. The summed E-state index contributed by atoms with van der Waals surface area (Å²) in [6.45, 7) is 7.93. The van der Waals surface area contributed by atoms with Gasteiger partial charge in [-0.15, -0.1) is 0 Å². The largest absolute Gasteiger partial charge is 0.486 e. The summed E-state index contributed by atoms with van der Waals surface area (Å²) in [5.41, 5.74) is 1.07. The van der Waals surface area contributed by atoms with Crippen LogP contribution < -0.4 is 14.8 Å². The first-order chi connectivity index (χ1) is 13.6. The van der Waals surface area contributed by atoms with Crippen LogP contribution in [0, 0.1) is 0 Å². The van der Waals surface area contributed by atoms with Gasteiger partial charge in [-0.1, -0.05) is 5.16 Å². The number of ether oxygens (including phenoxy) is 2. The van der Waals surface area contributed by atoms with Crippen LogP contribution in [0.2, 0.25) is 0 Å². The molecular weight excluding hydrogens is 360 g/mol. The first-order valence-corrected chi connectivity index (χ1v) is 9.67. The topological polar surface area (TPSA) is 80.1 Å². The Hall–Kier alpha value is -2.58. The highest BCUT2D eigenvalue weighted by molar-refractivity contribution is 5.93. The van der Waals surface area contributed by atoms with Crippen LogP contribution in [-0.4, -0.2) is 79.9 Å². The predicted octanol–water partition coefficient (Wildman–Crippen LogP) is 1.48. The Kier molecular flexibility index (Phi) is 5.50. The van der Waals surface area contributed by atoms with Crippen LogP contribution in [-0.2, 0) is 0 Å². The van der Waals surface area contributed by atoms with Gasteiger partial charge in [0.15, 0.2) is 23.0 Å². The summed E-state index contributed by atoms with van der Waals surface area (Å²) in [7, 11) is 2.13. The third-order valence-electron chi connectivity index (χ3n) is 5.29. The van der Waals surface area contributed by atoms with Crippen molar-refractivity contribution in [2.45, 2.75) is 13.0 Å². The number of carbonyl (C=O) groups excluding carboxylic acids is 1. The Morgan fingerprint density at radius 1 is 1.14 bits per heavy atom. The quantitative estimate of drug-likeness (QED) is 0.834. The molecule has 2 aliphatic heterocycles. The second-order valence-electron chi connectivity index (χ2n) is 7.33. The van der Waals surface area contributed by atoms with E-state index < -0.39 is 0 Å². The fourth-order valence-electron chi connectivity index (χ4n) is 3.44. The number of amides is 1. The third-order valence-corrected chi connectivity index (χ3v) is 5.29. The van der Waals surface area contributed by atoms with Gasteiger partial charge in [0.25, 0.3) is 5.91 Å². The van der Waals surface area contributed by atoms with Gasteiger partial charge in [-0.05, 0) is 32.2 Å². The molecule has 28 heavy (non-hydrogen) atoms. The monoisotopic (exact) mass is 386 g/mol. The lowest BCUT2D eigenvalue weighted by Crippen LogP contribution is -2.51. The van der Waals surface area contributed by atoms with Gasteiger partial charge in [0.1, 0.15) is 13.2 Å². The van der Waals surface area contributed by atoms with E-state index in [0.29, 0.717) is 37.0 Å². The number of likely N-dealkylation sites (N-methyl/N-ethyl adjacent to an activating group) is 1. The maximum atomic E-state index is 12.5. The summed E-state index contributed by atoms with van der Waals surface area (Å²) >= 11 is 0. The summed E-state index contributed by atoms with van der Waals surface area (Å²) in [6.07, 6.45) is 0. The molecule has 1 atom stereocenters. The summed E-state index contributed by atoms with van der Waals surface area (Å²) in [5, 5.41) is 6.89. The van der Waals surface area contributed by atoms with E-state index in [-0.39, 0.29) is 17.6 Å². The molecule has 0 saturated carbocycles. The van der Waals surface area contributed by atoms with E-state index >= 15 is 0 Å². The minimum Gasteiger partial charge on any atom is -0.486 e. The molecule has 3 heterocycles. The number of piperazine rings is 1. The van der Waals surface area contributed by atoms with Gasteiger partial charge in [-0.3, -0.25) is 9.69 Å². The second kappa shape index (κ2) is 8.20. The normalized spacial score (nSPS) is 18.6. The highest BCUT2D eigenvalue weighted by Crippen LogP contribution is 2.34. The predicted molar refractivity (Wildman–Crippen MR) is 104 cm³/mol. The molecular formula is C20H26N4O4. The van der Waals surface area contributed by atoms with E-state index in [1.165, 1.54) is 0 Å². The van der Waals surface area contributed by atoms with Crippen molar-refractivity contribution in [1.29, 1.82) is 0 Å². The zero-order chi connectivity index (χ0) is 19.5. The van der Waals surface area contributed by atoms with Gasteiger partial charge < -0.3 is 24.2 Å². The molecule has 0 spiro atoms. The van der Waals surface area contributed by atoms with E-state index in [1.54, 1.807) is 6.07 Å². The summed E-state index contributed by atoms with van der Waals surface area (Å²) < 4.78 is 16.5. The number of hydrogen-bond acceptors (Lipinski definition) is 7. The molecule has 1 aromatic heterocycles. The van der Waals surface area contributed by atoms with E-state index in [4.69, 9.17) is 14.0 Å². The Morgan fingerprint density at radius 2 is 1.89 bits per heavy atom. The van der Waals surface area contributed by atoms with Crippen LogP contribution in [0.25, 0.3) is 11.3 Å². The van der Waals surface area contributed by atoms with E-state index in [1.807, 2.05) is 18.2 Å². The molecule has 0 aliphatic carbocycles. The lowest BCUT2D eigenvalue weighted by atomic mass is 10.1. The molecule has 0 radical (unpaired) electrons. The van der Waals surface area contributed by atoms with Crippen LogP contribution in [0.4, 0.5) is 0 Å². The summed E-state index contributed by atoms with van der Waals surface area (Å²) in [4.78, 5) is 17.2. The molecule has 1 N–H and O–H groups in total. The first kappa shape index (κ1) is 18.8. The van der Waals surface area contributed by atoms with Gasteiger partial charge in [-0.25, -0.2) is 0 Å². The van der Waals surface area contributed by atoms with Crippen molar-refractivity contribution in [1.82, 2.24) is 20.3 Å². The Labute approximate surface area is 164 Å². The first-order valence-electron chi connectivity index (χ1n) is 9.67. The van der Waals surface area contributed by atoms with Crippen molar-refractivity contribution >= 4 is 5.91 Å². The van der Waals surface area contributed by atoms with Gasteiger partial charge >= 0.3 is 0 Å². The molecule has 2 aliphatic rings. The highest BCUT2D eigenvalue weighted by atomic mass is 16.6. The standard InChI is InChI=1S/C20H26N4O4/c1-14(24-7-5-23(2)6-8-24)13-21-20(25)16-12-18(28-22-16)15-3-4-17-19(11-15)27-10-9-26-17/h3-4,11-12,14H,5-10,13H2,1-2H3,(H,21,25)/t14-/m1/s1. The van der Waals surface area contributed by atoms with Gasteiger partial charge in [0.2, 0.25) is 0 Å². The Balaban J connectivity index is 1.35. The van der Waals surface area contributed by atoms with Crippen LogP contribution in [0.5, 0.6) is 11.5 Å². The molecule has 0 unspecified atom stereocenters. The minimum atomic E-state index is -0.228. The number of rotatable bonds is 5. The molecule has 150 valence electrons. The highest BCUT2D eigenvalue weighted by Gasteiger charge is 2.21. The maximum Gasteiger partial charge on any atom is 0.273 e. The van der Waals surface area contributed by atoms with Gasteiger partial charge in [-0.2, -0.15) is 0 Å². The number of nitrogens with zero attached hydrogens (tertiary/aromatic N) is 3. The van der Waals surface area contributed by atoms with Crippen molar-refractivity contribution in [3.05, 3.63) is 30.0 Å². The summed E-state index contributed by atoms with van der Waals surface area (Å²) in [5.74, 6) is 1.68. The number of nitrogens with one attached hydrogen (secondary N) is 1. The van der Waals surface area contributed by atoms with E-state index in [9.17, 15) is 4.79 Å². The second-order valence-corrected chi connectivity index (χ2v) is 7.33. The van der Waals surface area contributed by atoms with Crippen LogP contribution in [0.1, 0.15) is 17.4 Å². The number of benzene rings is 1. The molecule has 8 nitrogen and oxygen atoms in total. The molecule has 1 saturated heterocycles. The average Bonchev–Trinajstić information content (AvgIpc) is 3.22. The van der Waals surface area contributed by atoms with Gasteiger partial charge in [0.05, 0.1) is 0 Å². The zero-order valence-corrected chi connectivity index (χ0v) is 16.3. The minimum absolute atomic E-state index is 0.228. The van der Waals surface area contributed by atoms with E-state index in [0.717, 1.165) is 31.7 Å². The number of carbonyl (C=O) groups is 1. The van der Waals surface area contributed by atoms with Crippen LogP contribution in [0.15, 0.2) is 28.8 Å². The van der Waals surface area contributed by atoms with Crippen molar-refractivity contribution in [3.63, 3.8) is 0 Å². The van der Waals surface area contributed by atoms with Crippen molar-refractivity contribution < 1.29 is 18.8 Å². The fourth-order valence-corrected chi connectivity index (χ4v) is 3.44. The van der Waals surface area contributed by atoms with E-state index in [2.05, 4.69) is 34.2 Å². The Morgan fingerprint density at radius 3 is 2.68 bits per heavy atom. The molecule has 0 bridgehead atoms. The number of fused-ring (bicyclic) bond motifs is 1. The van der Waals surface area contributed by atoms with Crippen LogP contribution in [0.3, 0.4) is 0 Å². The lowest BCUT2D eigenvalue weighted by Gasteiger charge is -2.36. The van der Waals surface area contributed by atoms with Crippen molar-refractivity contribution in [2.75, 3.05) is 53.0 Å². The Bertz CT molecular complexity index is 829. The van der Waals surface area contributed by atoms with Crippen molar-refractivity contribution in [2.24, 2.45) is 0 Å². The summed E-state index contributed by atoms with van der Waals surface area (Å²) in [6, 6.07) is 7.48. The lowest BCUT2D eigenvalue weighted by molar-refractivity contribution is 0.0895. The average molecular weight is 386 g/mol. The molecule has 4 rings (SSSR count). The maximum absolute atomic E-state index is 12.5. The molecule has 1 fully saturated rings. The zero-order valence-electron chi connectivity index (χ0n) is 16.3. The third kappa shape index (κ3) is 4.13.